The molecule has 0 unspecified atom stereocenters. The van der Waals surface area contributed by atoms with E-state index < -0.39 is 18.1 Å². The molecule has 2 heterocycles. The highest BCUT2D eigenvalue weighted by atomic mass is 16.4. The third kappa shape index (κ3) is 3.15. The Labute approximate surface area is 153 Å². The number of fused-ring (bicyclic) bond motifs is 3. The van der Waals surface area contributed by atoms with Crippen molar-refractivity contribution in [3.8, 4) is 0 Å². The number of para-hydroxylation sites is 1. The zero-order chi connectivity index (χ0) is 19.0. The van der Waals surface area contributed by atoms with Crippen LogP contribution in [0.4, 0.5) is 5.82 Å². The SMILES string of the molecule is C[C@H](Nc1nccn(CC(=O)O)c1=O)c1ccc2oc3ccccc3c2c1. The number of hydrogen-bond acceptors (Lipinski definition) is 5. The summed E-state index contributed by atoms with van der Waals surface area (Å²) in [6.07, 6.45) is 2.77. The third-order valence-corrected chi connectivity index (χ3v) is 4.47. The quantitative estimate of drug-likeness (QED) is 0.564. The average molecular weight is 363 g/mol. The monoisotopic (exact) mass is 363 g/mol. The summed E-state index contributed by atoms with van der Waals surface area (Å²) >= 11 is 0. The van der Waals surface area contributed by atoms with Crippen LogP contribution in [0.5, 0.6) is 0 Å². The Morgan fingerprint density at radius 2 is 2.00 bits per heavy atom. The van der Waals surface area contributed by atoms with Crippen LogP contribution in [0.3, 0.4) is 0 Å². The van der Waals surface area contributed by atoms with Gasteiger partial charge in [0.25, 0.3) is 5.56 Å². The predicted molar refractivity (Wildman–Crippen MR) is 102 cm³/mol. The van der Waals surface area contributed by atoms with Crippen molar-refractivity contribution in [2.45, 2.75) is 19.5 Å². The van der Waals surface area contributed by atoms with Crippen LogP contribution in [-0.2, 0) is 11.3 Å². The molecule has 0 fully saturated rings. The van der Waals surface area contributed by atoms with Gasteiger partial charge in [0.15, 0.2) is 5.82 Å². The Morgan fingerprint density at radius 1 is 1.22 bits per heavy atom. The topological polar surface area (TPSA) is 97.4 Å². The van der Waals surface area contributed by atoms with Gasteiger partial charge in [-0.3, -0.25) is 14.2 Å². The van der Waals surface area contributed by atoms with Gasteiger partial charge in [-0.2, -0.15) is 0 Å². The maximum absolute atomic E-state index is 12.4. The van der Waals surface area contributed by atoms with Gasteiger partial charge in [-0.05, 0) is 30.7 Å². The largest absolute Gasteiger partial charge is 0.480 e. The van der Waals surface area contributed by atoms with Crippen molar-refractivity contribution in [1.82, 2.24) is 9.55 Å². The molecule has 0 aliphatic rings. The van der Waals surface area contributed by atoms with Crippen molar-refractivity contribution in [1.29, 1.82) is 0 Å². The summed E-state index contributed by atoms with van der Waals surface area (Å²) in [6, 6.07) is 13.5. The Bertz CT molecular complexity index is 1210. The summed E-state index contributed by atoms with van der Waals surface area (Å²) in [5.74, 6) is -0.969. The van der Waals surface area contributed by atoms with E-state index in [2.05, 4.69) is 10.3 Å². The van der Waals surface area contributed by atoms with Crippen molar-refractivity contribution in [2.24, 2.45) is 0 Å². The van der Waals surface area contributed by atoms with Gasteiger partial charge in [-0.25, -0.2) is 4.98 Å². The number of carboxylic acid groups (broad SMARTS) is 1. The summed E-state index contributed by atoms with van der Waals surface area (Å²) < 4.78 is 6.94. The second-order valence-corrected chi connectivity index (χ2v) is 6.32. The predicted octanol–water partition coefficient (Wildman–Crippen LogP) is 3.40. The summed E-state index contributed by atoms with van der Waals surface area (Å²) in [4.78, 5) is 27.3. The van der Waals surface area contributed by atoms with E-state index >= 15 is 0 Å². The third-order valence-electron chi connectivity index (χ3n) is 4.47. The molecule has 4 aromatic rings. The van der Waals surface area contributed by atoms with E-state index in [-0.39, 0.29) is 11.9 Å². The van der Waals surface area contributed by atoms with Gasteiger partial charge in [0.1, 0.15) is 17.7 Å². The number of carbonyl (C=O) groups is 1. The van der Waals surface area contributed by atoms with Crippen LogP contribution in [0.25, 0.3) is 21.9 Å². The highest BCUT2D eigenvalue weighted by molar-refractivity contribution is 6.05. The van der Waals surface area contributed by atoms with E-state index in [9.17, 15) is 9.59 Å². The molecule has 0 bridgehead atoms. The molecule has 2 aromatic heterocycles. The molecule has 7 heteroatoms. The lowest BCUT2D eigenvalue weighted by Crippen LogP contribution is -2.27. The molecule has 0 saturated heterocycles. The minimum Gasteiger partial charge on any atom is -0.480 e. The first kappa shape index (κ1) is 16.8. The van der Waals surface area contributed by atoms with Gasteiger partial charge in [0, 0.05) is 23.2 Å². The number of nitrogens with zero attached hydrogens (tertiary/aromatic N) is 2. The molecule has 136 valence electrons. The Balaban J connectivity index is 1.67. The van der Waals surface area contributed by atoms with E-state index in [1.807, 2.05) is 49.4 Å². The summed E-state index contributed by atoms with van der Waals surface area (Å²) in [5.41, 5.74) is 2.12. The summed E-state index contributed by atoms with van der Waals surface area (Å²) in [7, 11) is 0. The average Bonchev–Trinajstić information content (AvgIpc) is 3.02. The van der Waals surface area contributed by atoms with Crippen LogP contribution >= 0.6 is 0 Å². The van der Waals surface area contributed by atoms with Crippen LogP contribution in [0.15, 0.2) is 64.1 Å². The minimum absolute atomic E-state index is 0.114. The first-order valence-electron chi connectivity index (χ1n) is 8.48. The Kier molecular flexibility index (Phi) is 4.12. The van der Waals surface area contributed by atoms with Crippen molar-refractivity contribution in [2.75, 3.05) is 5.32 Å². The zero-order valence-corrected chi connectivity index (χ0v) is 14.5. The van der Waals surface area contributed by atoms with Crippen LogP contribution in [0.2, 0.25) is 0 Å². The number of anilines is 1. The van der Waals surface area contributed by atoms with E-state index in [4.69, 9.17) is 9.52 Å². The normalized spacial score (nSPS) is 12.3. The van der Waals surface area contributed by atoms with E-state index in [1.165, 1.54) is 12.4 Å². The lowest BCUT2D eigenvalue weighted by atomic mass is 10.0. The van der Waals surface area contributed by atoms with Gasteiger partial charge in [0.2, 0.25) is 0 Å². The molecular weight excluding hydrogens is 346 g/mol. The minimum atomic E-state index is -1.08. The van der Waals surface area contributed by atoms with Crippen molar-refractivity contribution in [3.05, 3.63) is 70.8 Å². The Morgan fingerprint density at radius 3 is 2.81 bits per heavy atom. The van der Waals surface area contributed by atoms with Crippen LogP contribution < -0.4 is 10.9 Å². The van der Waals surface area contributed by atoms with Gasteiger partial charge in [0.05, 0.1) is 6.04 Å². The molecule has 0 radical (unpaired) electrons. The van der Waals surface area contributed by atoms with E-state index in [0.29, 0.717) is 0 Å². The molecule has 27 heavy (non-hydrogen) atoms. The number of aliphatic carboxylic acids is 1. The highest BCUT2D eigenvalue weighted by Gasteiger charge is 2.14. The molecule has 1 atom stereocenters. The Hall–Kier alpha value is -3.61. The summed E-state index contributed by atoms with van der Waals surface area (Å²) in [6.45, 7) is 1.51. The van der Waals surface area contributed by atoms with Crippen molar-refractivity contribution in [3.63, 3.8) is 0 Å². The zero-order valence-electron chi connectivity index (χ0n) is 14.5. The number of hydrogen-bond donors (Lipinski definition) is 2. The van der Waals surface area contributed by atoms with Crippen molar-refractivity contribution < 1.29 is 14.3 Å². The number of aromatic nitrogens is 2. The number of benzene rings is 2. The first-order chi connectivity index (χ1) is 13.0. The number of rotatable bonds is 5. The maximum Gasteiger partial charge on any atom is 0.323 e. The summed E-state index contributed by atoms with van der Waals surface area (Å²) in [5, 5.41) is 14.0. The number of carboxylic acids is 1. The van der Waals surface area contributed by atoms with Gasteiger partial charge in [-0.1, -0.05) is 24.3 Å². The smallest absolute Gasteiger partial charge is 0.323 e. The molecule has 0 amide bonds. The molecule has 0 aliphatic heterocycles. The fourth-order valence-electron chi connectivity index (χ4n) is 3.12. The molecule has 2 aromatic carbocycles. The molecular formula is C20H17N3O4. The molecule has 7 nitrogen and oxygen atoms in total. The second-order valence-electron chi connectivity index (χ2n) is 6.32. The highest BCUT2D eigenvalue weighted by Crippen LogP contribution is 2.31. The maximum atomic E-state index is 12.4. The van der Waals surface area contributed by atoms with Gasteiger partial charge in [-0.15, -0.1) is 0 Å². The first-order valence-corrected chi connectivity index (χ1v) is 8.48. The van der Waals surface area contributed by atoms with Gasteiger partial charge >= 0.3 is 5.97 Å². The molecule has 4 rings (SSSR count). The van der Waals surface area contributed by atoms with Crippen LogP contribution in [0, 0.1) is 0 Å². The van der Waals surface area contributed by atoms with E-state index in [0.717, 1.165) is 32.1 Å². The fraction of sp³-hybridized carbons (Fsp3) is 0.150. The van der Waals surface area contributed by atoms with Crippen molar-refractivity contribution >= 4 is 33.7 Å². The van der Waals surface area contributed by atoms with E-state index in [1.54, 1.807) is 0 Å². The lowest BCUT2D eigenvalue weighted by molar-refractivity contribution is -0.137. The molecule has 0 spiro atoms. The number of furan rings is 1. The molecule has 0 saturated carbocycles. The molecule has 2 N–H and O–H groups in total. The second kappa shape index (κ2) is 6.60. The lowest BCUT2D eigenvalue weighted by Gasteiger charge is -2.15. The van der Waals surface area contributed by atoms with Gasteiger partial charge < -0.3 is 14.8 Å². The van der Waals surface area contributed by atoms with Crippen LogP contribution in [0.1, 0.15) is 18.5 Å². The standard InChI is InChI=1S/C20H17N3O4/c1-12(22-19-20(26)23(9-8-21-19)11-18(24)25)13-6-7-17-15(10-13)14-4-2-3-5-16(14)27-17/h2-10,12H,11H2,1H3,(H,21,22)(H,24,25)/t12-/m0/s1. The fourth-order valence-corrected chi connectivity index (χ4v) is 3.12. The number of nitrogens with one attached hydrogen (secondary N) is 1. The molecule has 0 aliphatic carbocycles. The van der Waals surface area contributed by atoms with Crippen LogP contribution in [-0.4, -0.2) is 20.6 Å².